The van der Waals surface area contributed by atoms with Crippen molar-refractivity contribution in [2.75, 3.05) is 13.1 Å². The third kappa shape index (κ3) is 5.04. The van der Waals surface area contributed by atoms with Gasteiger partial charge < -0.3 is 15.1 Å². The second-order valence-electron chi connectivity index (χ2n) is 5.48. The maximum absolute atomic E-state index is 5.29. The van der Waals surface area contributed by atoms with Crippen molar-refractivity contribution in [2.45, 2.75) is 39.7 Å². The van der Waals surface area contributed by atoms with Gasteiger partial charge in [0, 0.05) is 25.6 Å². The van der Waals surface area contributed by atoms with Crippen molar-refractivity contribution in [1.29, 1.82) is 0 Å². The molecular weight excluding hydrogens is 353 g/mol. The minimum Gasteiger partial charge on any atom is -0.469 e. The van der Waals surface area contributed by atoms with E-state index in [4.69, 9.17) is 4.42 Å². The molecule has 0 radical (unpaired) electrons. The molecule has 1 heterocycles. The highest BCUT2D eigenvalue weighted by Crippen LogP contribution is 2.44. The number of hydrogen-bond donors (Lipinski definition) is 2. The van der Waals surface area contributed by atoms with Crippen LogP contribution in [-0.4, -0.2) is 25.1 Å². The molecule has 19 heavy (non-hydrogen) atoms. The van der Waals surface area contributed by atoms with Gasteiger partial charge in [0.25, 0.3) is 0 Å². The van der Waals surface area contributed by atoms with Crippen LogP contribution in [0.5, 0.6) is 0 Å². The molecule has 0 bridgehead atoms. The zero-order chi connectivity index (χ0) is 13.0. The summed E-state index contributed by atoms with van der Waals surface area (Å²) < 4.78 is 5.29. The normalized spacial score (nSPS) is 20.6. The van der Waals surface area contributed by atoms with E-state index in [0.717, 1.165) is 31.2 Å². The van der Waals surface area contributed by atoms with Gasteiger partial charge in [-0.3, -0.25) is 4.99 Å². The smallest absolute Gasteiger partial charge is 0.191 e. The fraction of sp³-hybridized carbons (Fsp3) is 0.643. The molecule has 2 N–H and O–H groups in total. The minimum absolute atomic E-state index is 0. The molecule has 1 aromatic rings. The molecule has 108 valence electrons. The van der Waals surface area contributed by atoms with Crippen molar-refractivity contribution in [3.63, 3.8) is 0 Å². The SMILES string of the molecule is CCNC(=NCCc1ccco1)NC1CC1(C)C.I. The van der Waals surface area contributed by atoms with Crippen molar-refractivity contribution in [1.82, 2.24) is 10.6 Å². The lowest BCUT2D eigenvalue weighted by Crippen LogP contribution is -2.40. The number of nitrogens with zero attached hydrogens (tertiary/aromatic N) is 1. The van der Waals surface area contributed by atoms with Crippen LogP contribution in [0, 0.1) is 5.41 Å². The van der Waals surface area contributed by atoms with Crippen molar-refractivity contribution in [3.8, 4) is 0 Å². The molecule has 1 aliphatic rings. The Hall–Kier alpha value is -0.720. The summed E-state index contributed by atoms with van der Waals surface area (Å²) >= 11 is 0. The van der Waals surface area contributed by atoms with E-state index in [2.05, 4.69) is 36.4 Å². The molecule has 1 fully saturated rings. The van der Waals surface area contributed by atoms with Crippen molar-refractivity contribution in [2.24, 2.45) is 10.4 Å². The second-order valence-corrected chi connectivity index (χ2v) is 5.48. The van der Waals surface area contributed by atoms with Crippen LogP contribution >= 0.6 is 24.0 Å². The van der Waals surface area contributed by atoms with E-state index in [9.17, 15) is 0 Å². The largest absolute Gasteiger partial charge is 0.469 e. The van der Waals surface area contributed by atoms with E-state index < -0.39 is 0 Å². The average molecular weight is 377 g/mol. The van der Waals surface area contributed by atoms with Crippen LogP contribution < -0.4 is 10.6 Å². The molecule has 1 aromatic heterocycles. The fourth-order valence-corrected chi connectivity index (χ4v) is 1.93. The van der Waals surface area contributed by atoms with Crippen LogP contribution in [0.1, 0.15) is 33.0 Å². The second kappa shape index (κ2) is 7.17. The van der Waals surface area contributed by atoms with Gasteiger partial charge in [0.05, 0.1) is 6.26 Å². The van der Waals surface area contributed by atoms with Gasteiger partial charge in [-0.15, -0.1) is 24.0 Å². The van der Waals surface area contributed by atoms with E-state index in [1.165, 1.54) is 6.42 Å². The first kappa shape index (κ1) is 16.3. The highest BCUT2D eigenvalue weighted by Gasteiger charge is 2.46. The number of halogens is 1. The van der Waals surface area contributed by atoms with Crippen LogP contribution in [0.4, 0.5) is 0 Å². The minimum atomic E-state index is 0. The highest BCUT2D eigenvalue weighted by molar-refractivity contribution is 14.0. The summed E-state index contributed by atoms with van der Waals surface area (Å²) in [6, 6.07) is 4.45. The van der Waals surface area contributed by atoms with Gasteiger partial charge in [-0.25, -0.2) is 0 Å². The summed E-state index contributed by atoms with van der Waals surface area (Å²) in [5.74, 6) is 1.90. The Balaban J connectivity index is 0.00000180. The summed E-state index contributed by atoms with van der Waals surface area (Å²) in [5, 5.41) is 6.75. The summed E-state index contributed by atoms with van der Waals surface area (Å²) in [4.78, 5) is 4.57. The van der Waals surface area contributed by atoms with Gasteiger partial charge in [0.1, 0.15) is 5.76 Å². The zero-order valence-corrected chi connectivity index (χ0v) is 14.2. The number of guanidine groups is 1. The van der Waals surface area contributed by atoms with Crippen molar-refractivity contribution >= 4 is 29.9 Å². The fourth-order valence-electron chi connectivity index (χ4n) is 1.93. The number of nitrogens with one attached hydrogen (secondary N) is 2. The standard InChI is InChI=1S/C14H23N3O.HI/c1-4-15-13(17-12-10-14(12,2)3)16-8-7-11-6-5-9-18-11;/h5-6,9,12H,4,7-8,10H2,1-3H3,(H2,15,16,17);1H. The van der Waals surface area contributed by atoms with Crippen molar-refractivity contribution < 1.29 is 4.42 Å². The van der Waals surface area contributed by atoms with Crippen LogP contribution in [0.15, 0.2) is 27.8 Å². The third-order valence-corrected chi connectivity index (χ3v) is 3.38. The maximum atomic E-state index is 5.29. The Morgan fingerprint density at radius 2 is 2.26 bits per heavy atom. The third-order valence-electron chi connectivity index (χ3n) is 3.38. The monoisotopic (exact) mass is 377 g/mol. The van der Waals surface area contributed by atoms with Crippen molar-refractivity contribution in [3.05, 3.63) is 24.2 Å². The number of rotatable bonds is 5. The van der Waals surface area contributed by atoms with Gasteiger partial charge in [-0.2, -0.15) is 0 Å². The van der Waals surface area contributed by atoms with Gasteiger partial charge in [0.2, 0.25) is 0 Å². The van der Waals surface area contributed by atoms with Crippen LogP contribution in [-0.2, 0) is 6.42 Å². The number of hydrogen-bond acceptors (Lipinski definition) is 2. The number of aliphatic imine (C=N–C) groups is 1. The van der Waals surface area contributed by atoms with Gasteiger partial charge in [0.15, 0.2) is 5.96 Å². The summed E-state index contributed by atoms with van der Waals surface area (Å²) in [5.41, 5.74) is 0.414. The predicted molar refractivity (Wildman–Crippen MR) is 89.1 cm³/mol. The molecule has 0 amide bonds. The molecule has 1 saturated carbocycles. The molecular formula is C14H24IN3O. The van der Waals surface area contributed by atoms with E-state index in [0.29, 0.717) is 11.5 Å². The lowest BCUT2D eigenvalue weighted by molar-refractivity contribution is 0.510. The molecule has 0 aromatic carbocycles. The Morgan fingerprint density at radius 3 is 2.79 bits per heavy atom. The maximum Gasteiger partial charge on any atom is 0.191 e. The average Bonchev–Trinajstić information content (AvgIpc) is 2.75. The quantitative estimate of drug-likeness (QED) is 0.471. The van der Waals surface area contributed by atoms with E-state index in [1.807, 2.05) is 12.1 Å². The molecule has 0 saturated heterocycles. The Morgan fingerprint density at radius 1 is 1.53 bits per heavy atom. The Kier molecular flexibility index (Phi) is 6.16. The lowest BCUT2D eigenvalue weighted by atomic mass is 10.2. The molecule has 1 unspecified atom stereocenters. The summed E-state index contributed by atoms with van der Waals surface area (Å²) in [6.07, 6.45) is 3.77. The summed E-state index contributed by atoms with van der Waals surface area (Å²) in [6.45, 7) is 8.27. The van der Waals surface area contributed by atoms with Crippen LogP contribution in [0.2, 0.25) is 0 Å². The molecule has 1 aliphatic carbocycles. The van der Waals surface area contributed by atoms with E-state index in [1.54, 1.807) is 6.26 Å². The Labute approximate surface area is 132 Å². The molecule has 2 rings (SSSR count). The first-order valence-electron chi connectivity index (χ1n) is 6.69. The molecule has 5 heteroatoms. The van der Waals surface area contributed by atoms with Gasteiger partial charge >= 0.3 is 0 Å². The first-order valence-corrected chi connectivity index (χ1v) is 6.69. The topological polar surface area (TPSA) is 49.6 Å². The van der Waals surface area contributed by atoms with E-state index in [-0.39, 0.29) is 24.0 Å². The highest BCUT2D eigenvalue weighted by atomic mass is 127. The zero-order valence-electron chi connectivity index (χ0n) is 11.9. The predicted octanol–water partition coefficient (Wildman–Crippen LogP) is 2.79. The molecule has 0 spiro atoms. The first-order chi connectivity index (χ1) is 8.62. The Bertz CT molecular complexity index is 401. The molecule has 0 aliphatic heterocycles. The van der Waals surface area contributed by atoms with Crippen LogP contribution in [0.3, 0.4) is 0 Å². The number of furan rings is 1. The van der Waals surface area contributed by atoms with Crippen LogP contribution in [0.25, 0.3) is 0 Å². The molecule has 4 nitrogen and oxygen atoms in total. The van der Waals surface area contributed by atoms with Gasteiger partial charge in [-0.1, -0.05) is 13.8 Å². The van der Waals surface area contributed by atoms with E-state index >= 15 is 0 Å². The van der Waals surface area contributed by atoms with Gasteiger partial charge in [-0.05, 0) is 30.9 Å². The lowest BCUT2D eigenvalue weighted by Gasteiger charge is -2.12. The molecule has 1 atom stereocenters. The summed E-state index contributed by atoms with van der Waals surface area (Å²) in [7, 11) is 0.